The minimum Gasteiger partial charge on any atom is -0.344 e. The Morgan fingerprint density at radius 1 is 1.29 bits per heavy atom. The number of carbonyl (C=O) groups is 1. The molecule has 1 aromatic heterocycles. The zero-order valence-corrected chi connectivity index (χ0v) is 14.9. The highest BCUT2D eigenvalue weighted by molar-refractivity contribution is 7.10. The van der Waals surface area contributed by atoms with Gasteiger partial charge < -0.3 is 5.32 Å². The minimum absolute atomic E-state index is 0.0156. The number of carbonyl (C=O) groups excluding carboxylic acids is 1. The Kier molecular flexibility index (Phi) is 7.54. The van der Waals surface area contributed by atoms with E-state index in [4.69, 9.17) is 6.42 Å². The largest absolute Gasteiger partial charge is 0.344 e. The van der Waals surface area contributed by atoms with Crippen LogP contribution in [0, 0.1) is 12.3 Å². The van der Waals surface area contributed by atoms with Crippen LogP contribution in [0.3, 0.4) is 0 Å². The molecule has 0 spiro atoms. The second-order valence-corrected chi connectivity index (χ2v) is 6.63. The highest BCUT2D eigenvalue weighted by atomic mass is 32.1. The topological polar surface area (TPSA) is 41.1 Å². The summed E-state index contributed by atoms with van der Waals surface area (Å²) in [5, 5.41) is 8.08. The van der Waals surface area contributed by atoms with Crippen molar-refractivity contribution in [2.24, 2.45) is 0 Å². The maximum Gasteiger partial charge on any atom is 0.234 e. The first kappa shape index (κ1) is 18.3. The summed E-state index contributed by atoms with van der Waals surface area (Å²) >= 11 is 1.69. The quantitative estimate of drug-likeness (QED) is 0.686. The van der Waals surface area contributed by atoms with Crippen molar-refractivity contribution in [1.29, 1.82) is 0 Å². The van der Waals surface area contributed by atoms with Crippen molar-refractivity contribution < 1.29 is 4.79 Å². The summed E-state index contributed by atoms with van der Waals surface area (Å²) in [6.07, 6.45) is 8.69. The number of rotatable bonds is 9. The van der Waals surface area contributed by atoms with E-state index in [0.717, 1.165) is 6.42 Å². The number of hydrogen-bond acceptors (Lipinski definition) is 3. The third kappa shape index (κ3) is 5.52. The highest BCUT2D eigenvalue weighted by Crippen LogP contribution is 2.26. The van der Waals surface area contributed by atoms with Gasteiger partial charge in [-0.25, -0.2) is 0 Å². The third-order valence-electron chi connectivity index (χ3n) is 3.81. The predicted octanol–water partition coefficient (Wildman–Crippen LogP) is 3.52. The van der Waals surface area contributed by atoms with Crippen molar-refractivity contribution in [2.45, 2.75) is 32.2 Å². The molecule has 0 aliphatic rings. The fourth-order valence-corrected chi connectivity index (χ4v) is 3.33. The van der Waals surface area contributed by atoms with E-state index in [1.54, 1.807) is 11.3 Å². The Bertz CT molecular complexity index is 656. The van der Waals surface area contributed by atoms with E-state index in [1.807, 2.05) is 6.07 Å². The molecule has 2 aromatic rings. The number of amides is 1. The SMILES string of the molecule is C#CCNC(=O)CN[C@H](c1ccc(CCCC)cc1)c1cccs1. The Labute approximate surface area is 148 Å². The fourth-order valence-electron chi connectivity index (χ4n) is 2.50. The van der Waals surface area contributed by atoms with Gasteiger partial charge in [-0.05, 0) is 35.4 Å². The number of hydrogen-bond donors (Lipinski definition) is 2. The zero-order chi connectivity index (χ0) is 17.2. The normalized spacial score (nSPS) is 11.7. The van der Waals surface area contributed by atoms with Gasteiger partial charge in [0.15, 0.2) is 0 Å². The molecule has 3 nitrogen and oxygen atoms in total. The van der Waals surface area contributed by atoms with Crippen molar-refractivity contribution in [1.82, 2.24) is 10.6 Å². The van der Waals surface area contributed by atoms with E-state index < -0.39 is 0 Å². The molecule has 0 aliphatic heterocycles. The second-order valence-electron chi connectivity index (χ2n) is 5.66. The lowest BCUT2D eigenvalue weighted by Crippen LogP contribution is -2.36. The van der Waals surface area contributed by atoms with Crippen LogP contribution in [-0.4, -0.2) is 19.0 Å². The lowest BCUT2D eigenvalue weighted by molar-refractivity contribution is -0.120. The van der Waals surface area contributed by atoms with Crippen molar-refractivity contribution in [3.8, 4) is 12.3 Å². The first-order valence-corrected chi connectivity index (χ1v) is 9.18. The molecule has 126 valence electrons. The molecule has 24 heavy (non-hydrogen) atoms. The van der Waals surface area contributed by atoms with E-state index in [0.29, 0.717) is 0 Å². The predicted molar refractivity (Wildman–Crippen MR) is 101 cm³/mol. The zero-order valence-electron chi connectivity index (χ0n) is 14.0. The lowest BCUT2D eigenvalue weighted by Gasteiger charge is -2.18. The maximum atomic E-state index is 11.8. The summed E-state index contributed by atoms with van der Waals surface area (Å²) < 4.78 is 0. The first-order valence-electron chi connectivity index (χ1n) is 8.30. The monoisotopic (exact) mass is 340 g/mol. The number of thiophene rings is 1. The van der Waals surface area contributed by atoms with E-state index in [-0.39, 0.29) is 25.0 Å². The summed E-state index contributed by atoms with van der Waals surface area (Å²) in [6.45, 7) is 2.70. The van der Waals surface area contributed by atoms with E-state index in [2.05, 4.69) is 59.2 Å². The molecule has 2 rings (SSSR count). The molecule has 1 amide bonds. The molecular weight excluding hydrogens is 316 g/mol. The second kappa shape index (κ2) is 9.92. The van der Waals surface area contributed by atoms with Crippen LogP contribution in [-0.2, 0) is 11.2 Å². The van der Waals surface area contributed by atoms with Gasteiger partial charge >= 0.3 is 0 Å². The molecule has 0 fully saturated rings. The number of terminal acetylenes is 1. The minimum atomic E-state index is -0.0888. The van der Waals surface area contributed by atoms with Crippen LogP contribution in [0.15, 0.2) is 41.8 Å². The fraction of sp³-hybridized carbons (Fsp3) is 0.350. The van der Waals surface area contributed by atoms with Crippen molar-refractivity contribution >= 4 is 17.2 Å². The molecule has 1 aromatic carbocycles. The van der Waals surface area contributed by atoms with Gasteiger partial charge in [-0.3, -0.25) is 10.1 Å². The van der Waals surface area contributed by atoms with E-state index >= 15 is 0 Å². The van der Waals surface area contributed by atoms with Crippen LogP contribution in [0.5, 0.6) is 0 Å². The van der Waals surface area contributed by atoms with Crippen molar-refractivity contribution in [3.05, 3.63) is 57.8 Å². The lowest BCUT2D eigenvalue weighted by atomic mass is 10.0. The summed E-state index contributed by atoms with van der Waals surface area (Å²) in [6, 6.07) is 12.8. The third-order valence-corrected chi connectivity index (χ3v) is 4.75. The Balaban J connectivity index is 2.06. The summed E-state index contributed by atoms with van der Waals surface area (Å²) in [4.78, 5) is 13.0. The Hall–Kier alpha value is -2.09. The van der Waals surface area contributed by atoms with Crippen molar-refractivity contribution in [2.75, 3.05) is 13.1 Å². The molecule has 0 aliphatic carbocycles. The standard InChI is InChI=1S/C20H24N2OS/c1-3-5-7-16-9-11-17(12-10-16)20(18-8-6-14-24-18)22-15-19(23)21-13-4-2/h2,6,8-12,14,20,22H,3,5,7,13,15H2,1H3,(H,21,23)/t20-/m1/s1. The summed E-state index contributed by atoms with van der Waals surface area (Å²) in [5.41, 5.74) is 2.53. The number of nitrogens with one attached hydrogen (secondary N) is 2. The molecule has 2 N–H and O–H groups in total. The Morgan fingerprint density at radius 3 is 2.71 bits per heavy atom. The summed E-state index contributed by atoms with van der Waals surface area (Å²) in [7, 11) is 0. The first-order chi connectivity index (χ1) is 11.7. The van der Waals surface area contributed by atoms with Gasteiger partial charge in [0.25, 0.3) is 0 Å². The Morgan fingerprint density at radius 2 is 2.08 bits per heavy atom. The molecule has 4 heteroatoms. The number of aryl methyl sites for hydroxylation is 1. The van der Waals surface area contributed by atoms with E-state index in [1.165, 1.54) is 28.8 Å². The van der Waals surface area contributed by atoms with Crippen LogP contribution >= 0.6 is 11.3 Å². The number of unbranched alkanes of at least 4 members (excludes halogenated alkanes) is 1. The van der Waals surface area contributed by atoms with E-state index in [9.17, 15) is 4.79 Å². The van der Waals surface area contributed by atoms with Crippen LogP contribution in [0.1, 0.15) is 41.8 Å². The van der Waals surface area contributed by atoms with Crippen LogP contribution in [0.2, 0.25) is 0 Å². The van der Waals surface area contributed by atoms with Crippen molar-refractivity contribution in [3.63, 3.8) is 0 Å². The van der Waals surface area contributed by atoms with Gasteiger partial charge in [0.2, 0.25) is 5.91 Å². The van der Waals surface area contributed by atoms with Gasteiger partial charge in [0, 0.05) is 4.88 Å². The van der Waals surface area contributed by atoms with Gasteiger partial charge in [-0.15, -0.1) is 17.8 Å². The van der Waals surface area contributed by atoms with Gasteiger partial charge in [-0.1, -0.05) is 49.6 Å². The average molecular weight is 340 g/mol. The molecule has 0 unspecified atom stereocenters. The van der Waals surface area contributed by atoms with Gasteiger partial charge in [0.1, 0.15) is 0 Å². The molecule has 0 saturated carbocycles. The molecule has 0 saturated heterocycles. The molecule has 0 bridgehead atoms. The average Bonchev–Trinajstić information content (AvgIpc) is 3.13. The molecular formula is C20H24N2OS. The summed E-state index contributed by atoms with van der Waals surface area (Å²) in [5.74, 6) is 2.32. The molecule has 1 atom stereocenters. The smallest absolute Gasteiger partial charge is 0.234 e. The van der Waals surface area contributed by atoms with Gasteiger partial charge in [-0.2, -0.15) is 0 Å². The molecule has 1 heterocycles. The van der Waals surface area contributed by atoms with Gasteiger partial charge in [0.05, 0.1) is 19.1 Å². The number of benzene rings is 1. The highest BCUT2D eigenvalue weighted by Gasteiger charge is 2.16. The van der Waals surface area contributed by atoms with Crippen LogP contribution in [0.4, 0.5) is 0 Å². The van der Waals surface area contributed by atoms with Crippen LogP contribution in [0.25, 0.3) is 0 Å². The molecule has 0 radical (unpaired) electrons. The maximum absolute atomic E-state index is 11.8. The van der Waals surface area contributed by atoms with Crippen LogP contribution < -0.4 is 10.6 Å².